The van der Waals surface area contributed by atoms with Crippen LogP contribution in [-0.4, -0.2) is 5.78 Å². The van der Waals surface area contributed by atoms with Crippen molar-refractivity contribution in [2.75, 3.05) is 10.6 Å². The number of nitrogens with one attached hydrogen (secondary N) is 2. The minimum atomic E-state index is -0.574. The first-order chi connectivity index (χ1) is 12.4. The Morgan fingerprint density at radius 3 is 2.58 bits per heavy atom. The van der Waals surface area contributed by atoms with E-state index in [1.165, 1.54) is 6.07 Å². The molecule has 2 unspecified atom stereocenters. The smallest absolute Gasteiger partial charge is 0.145 e. The summed E-state index contributed by atoms with van der Waals surface area (Å²) < 4.78 is 14.7. The molecule has 0 amide bonds. The third-order valence-electron chi connectivity index (χ3n) is 5.02. The predicted molar refractivity (Wildman–Crippen MR) is 103 cm³/mol. The number of anilines is 2. The molecule has 4 rings (SSSR count). The number of benzene rings is 2. The molecule has 2 N–H and O–H groups in total. The maximum Gasteiger partial charge on any atom is 0.145 e. The van der Waals surface area contributed by atoms with Gasteiger partial charge in [0.1, 0.15) is 11.6 Å². The predicted octanol–water partition coefficient (Wildman–Crippen LogP) is 5.56. The van der Waals surface area contributed by atoms with E-state index >= 15 is 0 Å². The highest BCUT2D eigenvalue weighted by atomic mass is 35.5. The Bertz CT molecular complexity index is 902. The molecule has 1 aliphatic heterocycles. The molecule has 0 bridgehead atoms. The van der Waals surface area contributed by atoms with E-state index in [4.69, 9.17) is 11.6 Å². The number of rotatable bonds is 1. The van der Waals surface area contributed by atoms with E-state index in [0.29, 0.717) is 17.0 Å². The Hall–Kier alpha value is -2.33. The van der Waals surface area contributed by atoms with E-state index in [2.05, 4.69) is 16.7 Å². The Labute approximate surface area is 157 Å². The van der Waals surface area contributed by atoms with E-state index < -0.39 is 17.8 Å². The van der Waals surface area contributed by atoms with E-state index in [1.54, 1.807) is 12.1 Å². The van der Waals surface area contributed by atoms with Crippen LogP contribution in [0.25, 0.3) is 0 Å². The summed E-state index contributed by atoms with van der Waals surface area (Å²) >= 11 is 6.35. The normalized spacial score (nSPS) is 23.7. The Balaban J connectivity index is 1.93. The van der Waals surface area contributed by atoms with Crippen LogP contribution in [0.2, 0.25) is 5.02 Å². The van der Waals surface area contributed by atoms with E-state index in [0.717, 1.165) is 17.1 Å². The minimum Gasteiger partial charge on any atom is -0.375 e. The molecule has 0 fully saturated rings. The zero-order valence-corrected chi connectivity index (χ0v) is 15.4. The van der Waals surface area contributed by atoms with Crippen LogP contribution >= 0.6 is 11.6 Å². The van der Waals surface area contributed by atoms with Crippen molar-refractivity contribution in [3.8, 4) is 0 Å². The van der Waals surface area contributed by atoms with Crippen LogP contribution in [0.4, 0.5) is 15.8 Å². The van der Waals surface area contributed by atoms with E-state index in [-0.39, 0.29) is 11.2 Å². The lowest BCUT2D eigenvalue weighted by Gasteiger charge is -2.35. The standard InChI is InChI=1S/C21H20ClFN2O/c1-21(2)10-16-19(17(26)11-21)20(18-12(22)6-5-7-13(18)23)25-15-9-4-3-8-14(15)24-16/h3-10,19-20,24-25H,11H2,1-2H3. The molecule has 2 aliphatic rings. The molecule has 1 heterocycles. The fraction of sp³-hybridized carbons (Fsp3) is 0.286. The van der Waals surface area contributed by atoms with Gasteiger partial charge in [-0.3, -0.25) is 4.79 Å². The highest BCUT2D eigenvalue weighted by molar-refractivity contribution is 6.31. The van der Waals surface area contributed by atoms with Gasteiger partial charge < -0.3 is 10.6 Å². The summed E-state index contributed by atoms with van der Waals surface area (Å²) in [7, 11) is 0. The fourth-order valence-corrected chi connectivity index (χ4v) is 4.23. The SMILES string of the molecule is CC1(C)C=C2Nc3ccccc3NC(c3c(F)cccc3Cl)C2C(=O)C1. The first-order valence-electron chi connectivity index (χ1n) is 8.68. The molecular weight excluding hydrogens is 351 g/mol. The molecule has 1 aliphatic carbocycles. The zero-order valence-electron chi connectivity index (χ0n) is 14.6. The van der Waals surface area contributed by atoms with Gasteiger partial charge in [0.15, 0.2) is 0 Å². The number of para-hydroxylation sites is 2. The number of fused-ring (bicyclic) bond motifs is 2. The van der Waals surface area contributed by atoms with Crippen molar-refractivity contribution in [2.24, 2.45) is 11.3 Å². The molecule has 5 heteroatoms. The van der Waals surface area contributed by atoms with Crippen LogP contribution in [-0.2, 0) is 4.79 Å². The van der Waals surface area contributed by atoms with Gasteiger partial charge in [0.2, 0.25) is 0 Å². The first-order valence-corrected chi connectivity index (χ1v) is 9.05. The molecule has 3 nitrogen and oxygen atoms in total. The summed E-state index contributed by atoms with van der Waals surface area (Å²) in [6.45, 7) is 4.07. The maximum absolute atomic E-state index is 14.7. The lowest BCUT2D eigenvalue weighted by Crippen LogP contribution is -2.37. The third-order valence-corrected chi connectivity index (χ3v) is 5.35. The molecule has 0 radical (unpaired) electrons. The molecular formula is C21H20ClFN2O. The van der Waals surface area contributed by atoms with Crippen LogP contribution in [0.15, 0.2) is 54.2 Å². The summed E-state index contributed by atoms with van der Waals surface area (Å²) in [6, 6.07) is 11.7. The third kappa shape index (κ3) is 2.88. The van der Waals surface area contributed by atoms with Gasteiger partial charge in [-0.1, -0.05) is 49.7 Å². The molecule has 2 aromatic carbocycles. The first kappa shape index (κ1) is 17.1. The van der Waals surface area contributed by atoms with E-state index in [1.807, 2.05) is 38.1 Å². The van der Waals surface area contributed by atoms with Crippen molar-refractivity contribution >= 4 is 28.8 Å². The Morgan fingerprint density at radius 1 is 1.12 bits per heavy atom. The second-order valence-electron chi connectivity index (χ2n) is 7.64. The number of carbonyl (C=O) groups is 1. The molecule has 2 aromatic rings. The Kier molecular flexibility index (Phi) is 4.03. The summed E-state index contributed by atoms with van der Waals surface area (Å²) in [5.74, 6) is -0.860. The number of hydrogen-bond acceptors (Lipinski definition) is 3. The molecule has 0 spiro atoms. The average molecular weight is 371 g/mol. The van der Waals surface area contributed by atoms with E-state index in [9.17, 15) is 9.18 Å². The van der Waals surface area contributed by atoms with Gasteiger partial charge >= 0.3 is 0 Å². The van der Waals surface area contributed by atoms with Gasteiger partial charge in [-0.2, -0.15) is 0 Å². The van der Waals surface area contributed by atoms with Crippen molar-refractivity contribution in [3.63, 3.8) is 0 Å². The van der Waals surface area contributed by atoms with Crippen molar-refractivity contribution in [3.05, 3.63) is 70.6 Å². The number of allylic oxidation sites excluding steroid dienone is 1. The van der Waals surface area contributed by atoms with Crippen molar-refractivity contribution in [1.82, 2.24) is 0 Å². The number of Topliss-reactive ketones (excluding diaryl/α,β-unsaturated/α-hetero) is 1. The molecule has 2 atom stereocenters. The van der Waals surface area contributed by atoms with Crippen LogP contribution in [0.3, 0.4) is 0 Å². The van der Waals surface area contributed by atoms with Gasteiger partial charge in [0.25, 0.3) is 0 Å². The summed E-state index contributed by atoms with van der Waals surface area (Å²) in [4.78, 5) is 13.1. The number of hydrogen-bond donors (Lipinski definition) is 2. The fourth-order valence-electron chi connectivity index (χ4n) is 3.94. The maximum atomic E-state index is 14.7. The molecule has 0 saturated heterocycles. The number of ketones is 1. The largest absolute Gasteiger partial charge is 0.375 e. The number of halogens is 2. The second kappa shape index (κ2) is 6.13. The van der Waals surface area contributed by atoms with Crippen molar-refractivity contribution in [1.29, 1.82) is 0 Å². The van der Waals surface area contributed by atoms with Gasteiger partial charge in [0, 0.05) is 22.7 Å². The lowest BCUT2D eigenvalue weighted by molar-refractivity contribution is -0.124. The van der Waals surface area contributed by atoms with Gasteiger partial charge in [-0.25, -0.2) is 4.39 Å². The number of carbonyl (C=O) groups excluding carboxylic acids is 1. The highest BCUT2D eigenvalue weighted by Crippen LogP contribution is 2.46. The van der Waals surface area contributed by atoms with Crippen molar-refractivity contribution in [2.45, 2.75) is 26.3 Å². The molecule has 0 saturated carbocycles. The topological polar surface area (TPSA) is 41.1 Å². The molecule has 26 heavy (non-hydrogen) atoms. The van der Waals surface area contributed by atoms with Crippen LogP contribution in [0.1, 0.15) is 31.9 Å². The van der Waals surface area contributed by atoms with Crippen LogP contribution in [0.5, 0.6) is 0 Å². The second-order valence-corrected chi connectivity index (χ2v) is 8.04. The van der Waals surface area contributed by atoms with Gasteiger partial charge in [-0.15, -0.1) is 0 Å². The van der Waals surface area contributed by atoms with Crippen LogP contribution < -0.4 is 10.6 Å². The minimum absolute atomic E-state index is 0.0737. The van der Waals surface area contributed by atoms with Crippen molar-refractivity contribution < 1.29 is 9.18 Å². The Morgan fingerprint density at radius 2 is 1.85 bits per heavy atom. The quantitative estimate of drug-likeness (QED) is 0.690. The average Bonchev–Trinajstić information content (AvgIpc) is 2.70. The molecule has 0 aromatic heterocycles. The van der Waals surface area contributed by atoms with Crippen LogP contribution in [0, 0.1) is 17.2 Å². The summed E-state index contributed by atoms with van der Waals surface area (Å²) in [5, 5.41) is 7.08. The summed E-state index contributed by atoms with van der Waals surface area (Å²) in [6.07, 6.45) is 2.49. The molecule has 134 valence electrons. The van der Waals surface area contributed by atoms with Gasteiger partial charge in [-0.05, 0) is 29.7 Å². The van der Waals surface area contributed by atoms with Gasteiger partial charge in [0.05, 0.1) is 23.3 Å². The lowest BCUT2D eigenvalue weighted by atomic mass is 9.72. The zero-order chi connectivity index (χ0) is 18.5. The summed E-state index contributed by atoms with van der Waals surface area (Å²) in [5.41, 5.74) is 2.56. The highest BCUT2D eigenvalue weighted by Gasteiger charge is 2.42. The monoisotopic (exact) mass is 370 g/mol.